The van der Waals surface area contributed by atoms with Gasteiger partial charge in [-0.05, 0) is 23.1 Å². The fourth-order valence-electron chi connectivity index (χ4n) is 2.29. The summed E-state index contributed by atoms with van der Waals surface area (Å²) >= 11 is 1.35. The Bertz CT molecular complexity index is 819. The highest BCUT2D eigenvalue weighted by atomic mass is 32.1. The van der Waals surface area contributed by atoms with Gasteiger partial charge in [0, 0.05) is 30.0 Å². The van der Waals surface area contributed by atoms with Crippen LogP contribution in [-0.4, -0.2) is 17.1 Å². The van der Waals surface area contributed by atoms with Crippen molar-refractivity contribution in [3.05, 3.63) is 46.5 Å². The van der Waals surface area contributed by atoms with Crippen LogP contribution < -0.4 is 0 Å². The van der Waals surface area contributed by atoms with Gasteiger partial charge in [0.25, 0.3) is 0 Å². The quantitative estimate of drug-likeness (QED) is 0.567. The first-order chi connectivity index (χ1) is 10.2. The lowest BCUT2D eigenvalue weighted by Crippen LogP contribution is -1.95. The minimum atomic E-state index is -0.295. The van der Waals surface area contributed by atoms with Crippen LogP contribution in [-0.2, 0) is 4.79 Å². The van der Waals surface area contributed by atoms with Crippen LogP contribution in [0.1, 0.15) is 22.5 Å². The highest BCUT2D eigenvalue weighted by Crippen LogP contribution is 2.33. The van der Waals surface area contributed by atoms with Crippen LogP contribution in [0, 0.1) is 5.82 Å². The lowest BCUT2D eigenvalue weighted by molar-refractivity contribution is -0.107. The number of aromatic amines is 1. The fraction of sp³-hybridized carbons (Fsp3) is 0.125. The van der Waals surface area contributed by atoms with E-state index in [2.05, 4.69) is 4.98 Å². The number of hydrogen-bond acceptors (Lipinski definition) is 3. The molecule has 3 aromatic rings. The van der Waals surface area contributed by atoms with E-state index >= 15 is 0 Å². The van der Waals surface area contributed by atoms with E-state index in [1.165, 1.54) is 17.4 Å². The maximum atomic E-state index is 13.7. The molecular weight excluding hydrogens is 289 g/mol. The second-order valence-corrected chi connectivity index (χ2v) is 5.60. The number of ketones is 1. The van der Waals surface area contributed by atoms with Crippen molar-refractivity contribution >= 4 is 34.3 Å². The Labute approximate surface area is 124 Å². The van der Waals surface area contributed by atoms with Crippen LogP contribution in [0.25, 0.3) is 22.0 Å². The number of H-pyrrole nitrogens is 1. The fourth-order valence-corrected chi connectivity index (χ4v) is 3.17. The van der Waals surface area contributed by atoms with Crippen LogP contribution in [0.3, 0.4) is 0 Å². The Hall–Kier alpha value is -2.27. The molecule has 1 aromatic carbocycles. The van der Waals surface area contributed by atoms with Crippen molar-refractivity contribution in [2.24, 2.45) is 0 Å². The average Bonchev–Trinajstić information content (AvgIpc) is 3.11. The third-order valence-electron chi connectivity index (χ3n) is 3.34. The molecule has 0 aliphatic heterocycles. The molecule has 2 heterocycles. The highest BCUT2D eigenvalue weighted by Gasteiger charge is 2.13. The predicted molar refractivity (Wildman–Crippen MR) is 81.2 cm³/mol. The van der Waals surface area contributed by atoms with E-state index in [0.717, 1.165) is 22.8 Å². The first-order valence-corrected chi connectivity index (χ1v) is 7.40. The lowest BCUT2D eigenvalue weighted by atomic mass is 10.1. The second-order valence-electron chi connectivity index (χ2n) is 4.69. The average molecular weight is 301 g/mol. The van der Waals surface area contributed by atoms with E-state index in [-0.39, 0.29) is 24.4 Å². The molecule has 0 spiro atoms. The number of carbonyl (C=O) groups excluding carboxylic acids is 2. The Morgan fingerprint density at radius 3 is 3.05 bits per heavy atom. The number of thiophene rings is 1. The van der Waals surface area contributed by atoms with Crippen molar-refractivity contribution in [1.29, 1.82) is 0 Å². The van der Waals surface area contributed by atoms with Crippen LogP contribution in [0.15, 0.2) is 35.8 Å². The Morgan fingerprint density at radius 1 is 1.38 bits per heavy atom. The van der Waals surface area contributed by atoms with Gasteiger partial charge in [0.1, 0.15) is 12.1 Å². The Balaban J connectivity index is 1.97. The SMILES string of the molecule is O=CCCC(=O)c1cc(-c2c[nH]c3c(F)cccc23)cs1. The number of halogens is 1. The molecule has 0 amide bonds. The van der Waals surface area contributed by atoms with Crippen LogP contribution in [0.2, 0.25) is 0 Å². The molecule has 0 fully saturated rings. The van der Waals surface area contributed by atoms with E-state index in [9.17, 15) is 14.0 Å². The molecule has 2 aromatic heterocycles. The summed E-state index contributed by atoms with van der Waals surface area (Å²) in [5.74, 6) is -0.333. The molecule has 21 heavy (non-hydrogen) atoms. The van der Waals surface area contributed by atoms with Gasteiger partial charge in [0.2, 0.25) is 0 Å². The number of carbonyl (C=O) groups is 2. The number of nitrogens with one attached hydrogen (secondary N) is 1. The largest absolute Gasteiger partial charge is 0.358 e. The molecular formula is C16H12FNO2S. The van der Waals surface area contributed by atoms with Gasteiger partial charge in [-0.15, -0.1) is 11.3 Å². The molecule has 3 rings (SSSR count). The maximum Gasteiger partial charge on any atom is 0.173 e. The molecule has 3 nitrogen and oxygen atoms in total. The van der Waals surface area contributed by atoms with Gasteiger partial charge in [-0.1, -0.05) is 12.1 Å². The molecule has 0 unspecified atom stereocenters. The van der Waals surface area contributed by atoms with Crippen molar-refractivity contribution in [2.75, 3.05) is 0 Å². The smallest absolute Gasteiger partial charge is 0.173 e. The zero-order valence-electron chi connectivity index (χ0n) is 11.1. The predicted octanol–water partition coefficient (Wildman–Crippen LogP) is 4.20. The van der Waals surface area contributed by atoms with Gasteiger partial charge in [-0.3, -0.25) is 4.79 Å². The van der Waals surface area contributed by atoms with Gasteiger partial charge in [-0.2, -0.15) is 0 Å². The summed E-state index contributed by atoms with van der Waals surface area (Å²) in [5.41, 5.74) is 2.22. The summed E-state index contributed by atoms with van der Waals surface area (Å²) in [5, 5.41) is 2.67. The van der Waals surface area contributed by atoms with Crippen molar-refractivity contribution in [3.8, 4) is 11.1 Å². The summed E-state index contributed by atoms with van der Waals surface area (Å²) < 4.78 is 13.7. The second kappa shape index (κ2) is 5.61. The summed E-state index contributed by atoms with van der Waals surface area (Å²) in [6, 6.07) is 6.71. The first-order valence-electron chi connectivity index (χ1n) is 6.52. The van der Waals surface area contributed by atoms with Gasteiger partial charge in [0.05, 0.1) is 10.4 Å². The molecule has 0 aliphatic carbocycles. The third-order valence-corrected chi connectivity index (χ3v) is 4.31. The Kier molecular flexibility index (Phi) is 3.66. The lowest BCUT2D eigenvalue weighted by Gasteiger charge is -1.96. The maximum absolute atomic E-state index is 13.7. The number of fused-ring (bicyclic) bond motifs is 1. The van der Waals surface area contributed by atoms with E-state index in [1.807, 2.05) is 11.4 Å². The molecule has 0 bridgehead atoms. The van der Waals surface area contributed by atoms with Gasteiger partial charge < -0.3 is 9.78 Å². The number of para-hydroxylation sites is 1. The van der Waals surface area contributed by atoms with Gasteiger partial charge in [0.15, 0.2) is 5.78 Å². The zero-order valence-corrected chi connectivity index (χ0v) is 11.9. The number of Topliss-reactive ketones (excluding diaryl/α,β-unsaturated/α-hetero) is 1. The van der Waals surface area contributed by atoms with E-state index < -0.39 is 0 Å². The highest BCUT2D eigenvalue weighted by molar-refractivity contribution is 7.12. The van der Waals surface area contributed by atoms with Crippen LogP contribution >= 0.6 is 11.3 Å². The van der Waals surface area contributed by atoms with Gasteiger partial charge >= 0.3 is 0 Å². The number of aromatic nitrogens is 1. The van der Waals surface area contributed by atoms with Gasteiger partial charge in [-0.25, -0.2) is 4.39 Å². The molecule has 0 radical (unpaired) electrons. The molecule has 0 saturated heterocycles. The summed E-state index contributed by atoms with van der Waals surface area (Å²) in [6.07, 6.45) is 2.96. The number of hydrogen-bond donors (Lipinski definition) is 1. The monoisotopic (exact) mass is 301 g/mol. The van der Waals surface area contributed by atoms with E-state index in [4.69, 9.17) is 0 Å². The summed E-state index contributed by atoms with van der Waals surface area (Å²) in [6.45, 7) is 0. The van der Waals surface area contributed by atoms with Crippen molar-refractivity contribution in [3.63, 3.8) is 0 Å². The zero-order chi connectivity index (χ0) is 14.8. The number of rotatable bonds is 5. The number of benzene rings is 1. The van der Waals surface area contributed by atoms with Crippen molar-refractivity contribution in [1.82, 2.24) is 4.98 Å². The molecule has 5 heteroatoms. The minimum Gasteiger partial charge on any atom is -0.358 e. The van der Waals surface area contributed by atoms with Crippen LogP contribution in [0.4, 0.5) is 4.39 Å². The normalized spacial score (nSPS) is 10.9. The van der Waals surface area contributed by atoms with E-state index in [0.29, 0.717) is 10.4 Å². The Morgan fingerprint density at radius 2 is 2.24 bits per heavy atom. The molecule has 0 saturated carbocycles. The summed E-state index contributed by atoms with van der Waals surface area (Å²) in [4.78, 5) is 25.8. The van der Waals surface area contributed by atoms with E-state index in [1.54, 1.807) is 18.3 Å². The molecule has 106 valence electrons. The molecule has 0 atom stereocenters. The first kappa shape index (κ1) is 13.7. The summed E-state index contributed by atoms with van der Waals surface area (Å²) in [7, 11) is 0. The van der Waals surface area contributed by atoms with Crippen molar-refractivity contribution < 1.29 is 14.0 Å². The minimum absolute atomic E-state index is 0.0376. The van der Waals surface area contributed by atoms with Crippen molar-refractivity contribution in [2.45, 2.75) is 12.8 Å². The van der Waals surface area contributed by atoms with Crippen LogP contribution in [0.5, 0.6) is 0 Å². The topological polar surface area (TPSA) is 49.9 Å². The third kappa shape index (κ3) is 2.52. The standard InChI is InChI=1S/C16H12FNO2S/c17-13-4-1-3-11-12(8-18-16(11)13)10-7-15(21-9-10)14(20)5-2-6-19/h1,3-4,6-9,18H,2,5H2. The molecule has 1 N–H and O–H groups in total. The molecule has 0 aliphatic rings. The number of aldehydes is 1.